The molecule has 1 aromatic carbocycles. The highest BCUT2D eigenvalue weighted by Crippen LogP contribution is 2.08. The molecule has 1 N–H and O–H groups in total. The van der Waals surface area contributed by atoms with Crippen LogP contribution in [0.2, 0.25) is 0 Å². The third-order valence-electron chi connectivity index (χ3n) is 2.80. The quantitative estimate of drug-likeness (QED) is 0.813. The van der Waals surface area contributed by atoms with Crippen molar-refractivity contribution >= 4 is 6.09 Å². The van der Waals surface area contributed by atoms with E-state index < -0.39 is 6.10 Å². The molecule has 0 saturated heterocycles. The van der Waals surface area contributed by atoms with Crippen molar-refractivity contribution in [2.45, 2.75) is 19.1 Å². The summed E-state index contributed by atoms with van der Waals surface area (Å²) in [6, 6.07) is 9.54. The molecule has 0 aliphatic carbocycles. The summed E-state index contributed by atoms with van der Waals surface area (Å²) in [4.78, 5) is 13.3. The third-order valence-corrected chi connectivity index (χ3v) is 2.80. The number of ether oxygens (including phenoxy) is 1. The first-order chi connectivity index (χ1) is 8.75. The Morgan fingerprint density at radius 3 is 2.89 bits per heavy atom. The number of carbonyl (C=O) groups is 1. The number of hydrogen-bond acceptors (Lipinski definition) is 3. The van der Waals surface area contributed by atoms with Gasteiger partial charge < -0.3 is 14.7 Å². The van der Waals surface area contributed by atoms with Crippen LogP contribution in [0.15, 0.2) is 42.5 Å². The number of aliphatic hydroxyl groups is 1. The fourth-order valence-electron chi connectivity index (χ4n) is 1.82. The van der Waals surface area contributed by atoms with Crippen LogP contribution in [0.25, 0.3) is 0 Å². The first-order valence-corrected chi connectivity index (χ1v) is 6.04. The third kappa shape index (κ3) is 3.60. The first kappa shape index (κ1) is 12.6. The second-order valence-electron chi connectivity index (χ2n) is 4.31. The smallest absolute Gasteiger partial charge is 0.410 e. The molecule has 0 saturated carbocycles. The largest absolute Gasteiger partial charge is 0.445 e. The normalized spacial score (nSPS) is 19.4. The standard InChI is InChI=1S/C14H17NO3/c16-13-8-4-5-9-15(10-13)14(17)18-11-12-6-2-1-3-7-12/h1-7,13,16H,8-11H2. The van der Waals surface area contributed by atoms with Crippen molar-refractivity contribution in [1.29, 1.82) is 0 Å². The molecule has 0 radical (unpaired) electrons. The van der Waals surface area contributed by atoms with E-state index in [1.165, 1.54) is 4.90 Å². The van der Waals surface area contributed by atoms with E-state index in [0.29, 0.717) is 19.5 Å². The number of hydrogen-bond donors (Lipinski definition) is 1. The molecule has 1 aliphatic heterocycles. The zero-order valence-corrected chi connectivity index (χ0v) is 10.2. The van der Waals surface area contributed by atoms with Gasteiger partial charge in [0.25, 0.3) is 0 Å². The van der Waals surface area contributed by atoms with Crippen LogP contribution in [0, 0.1) is 0 Å². The average molecular weight is 247 g/mol. The zero-order valence-electron chi connectivity index (χ0n) is 10.2. The van der Waals surface area contributed by atoms with Crippen molar-refractivity contribution in [3.63, 3.8) is 0 Å². The Bertz CT molecular complexity index is 416. The van der Waals surface area contributed by atoms with Gasteiger partial charge in [0.1, 0.15) is 6.61 Å². The van der Waals surface area contributed by atoms with Gasteiger partial charge in [-0.25, -0.2) is 4.79 Å². The number of rotatable bonds is 2. The van der Waals surface area contributed by atoms with Crippen molar-refractivity contribution in [2.24, 2.45) is 0 Å². The minimum absolute atomic E-state index is 0.260. The van der Waals surface area contributed by atoms with E-state index in [1.807, 2.05) is 42.5 Å². The average Bonchev–Trinajstić information content (AvgIpc) is 2.62. The summed E-state index contributed by atoms with van der Waals surface area (Å²) in [5.41, 5.74) is 0.955. The lowest BCUT2D eigenvalue weighted by molar-refractivity contribution is 0.0763. The molecule has 1 heterocycles. The van der Waals surface area contributed by atoms with E-state index in [9.17, 15) is 9.90 Å². The van der Waals surface area contributed by atoms with Crippen LogP contribution in [0.4, 0.5) is 4.79 Å². The fraction of sp³-hybridized carbons (Fsp3) is 0.357. The number of amides is 1. The SMILES string of the molecule is O=C(OCc1ccccc1)N1CC=CCC(O)C1. The Labute approximate surface area is 106 Å². The van der Waals surface area contributed by atoms with Gasteiger partial charge in [0.05, 0.1) is 12.6 Å². The second-order valence-corrected chi connectivity index (χ2v) is 4.31. The first-order valence-electron chi connectivity index (χ1n) is 6.04. The van der Waals surface area contributed by atoms with Crippen LogP contribution < -0.4 is 0 Å². The number of nitrogens with zero attached hydrogens (tertiary/aromatic N) is 1. The van der Waals surface area contributed by atoms with Gasteiger partial charge in [-0.2, -0.15) is 0 Å². The molecule has 2 rings (SSSR count). The summed E-state index contributed by atoms with van der Waals surface area (Å²) in [7, 11) is 0. The molecule has 1 aromatic rings. The topological polar surface area (TPSA) is 49.8 Å². The highest BCUT2D eigenvalue weighted by Gasteiger charge is 2.19. The van der Waals surface area contributed by atoms with E-state index in [4.69, 9.17) is 4.74 Å². The van der Waals surface area contributed by atoms with Gasteiger partial charge in [-0.1, -0.05) is 42.5 Å². The molecule has 4 heteroatoms. The van der Waals surface area contributed by atoms with E-state index >= 15 is 0 Å². The van der Waals surface area contributed by atoms with Gasteiger partial charge >= 0.3 is 6.09 Å². The number of aliphatic hydroxyl groups excluding tert-OH is 1. The molecule has 0 spiro atoms. The maximum absolute atomic E-state index is 11.8. The molecular weight excluding hydrogens is 230 g/mol. The van der Waals surface area contributed by atoms with Gasteiger partial charge in [-0.15, -0.1) is 0 Å². The summed E-state index contributed by atoms with van der Waals surface area (Å²) >= 11 is 0. The Balaban J connectivity index is 1.86. The van der Waals surface area contributed by atoms with Crippen LogP contribution in [-0.4, -0.2) is 35.3 Å². The lowest BCUT2D eigenvalue weighted by Crippen LogP contribution is -2.36. The molecule has 0 bridgehead atoms. The van der Waals surface area contributed by atoms with E-state index in [0.717, 1.165) is 5.56 Å². The molecule has 0 fully saturated rings. The van der Waals surface area contributed by atoms with Gasteiger partial charge in [-0.3, -0.25) is 0 Å². The minimum atomic E-state index is -0.506. The Morgan fingerprint density at radius 2 is 2.11 bits per heavy atom. The molecule has 96 valence electrons. The molecule has 1 aliphatic rings. The Kier molecular flexibility index (Phi) is 4.36. The van der Waals surface area contributed by atoms with E-state index in [2.05, 4.69) is 0 Å². The summed E-state index contributed by atoms with van der Waals surface area (Å²) < 4.78 is 5.21. The van der Waals surface area contributed by atoms with Crippen LogP contribution in [0.1, 0.15) is 12.0 Å². The lowest BCUT2D eigenvalue weighted by Gasteiger charge is -2.21. The molecule has 18 heavy (non-hydrogen) atoms. The monoisotopic (exact) mass is 247 g/mol. The fourth-order valence-corrected chi connectivity index (χ4v) is 1.82. The van der Waals surface area contributed by atoms with Crippen molar-refractivity contribution in [1.82, 2.24) is 4.90 Å². The summed E-state index contributed by atoms with van der Waals surface area (Å²) in [5.74, 6) is 0. The van der Waals surface area contributed by atoms with E-state index in [1.54, 1.807) is 0 Å². The molecule has 1 atom stereocenters. The van der Waals surface area contributed by atoms with Crippen LogP contribution in [-0.2, 0) is 11.3 Å². The number of benzene rings is 1. The molecule has 0 aromatic heterocycles. The van der Waals surface area contributed by atoms with Gasteiger partial charge in [0.15, 0.2) is 0 Å². The lowest BCUT2D eigenvalue weighted by atomic mass is 10.2. The predicted molar refractivity (Wildman–Crippen MR) is 68.0 cm³/mol. The van der Waals surface area contributed by atoms with Crippen molar-refractivity contribution in [2.75, 3.05) is 13.1 Å². The molecular formula is C14H17NO3. The molecule has 4 nitrogen and oxygen atoms in total. The zero-order chi connectivity index (χ0) is 12.8. The highest BCUT2D eigenvalue weighted by atomic mass is 16.6. The van der Waals surface area contributed by atoms with Crippen LogP contribution in [0.5, 0.6) is 0 Å². The maximum Gasteiger partial charge on any atom is 0.410 e. The number of carbonyl (C=O) groups excluding carboxylic acids is 1. The maximum atomic E-state index is 11.8. The van der Waals surface area contributed by atoms with Crippen LogP contribution >= 0.6 is 0 Å². The predicted octanol–water partition coefficient (Wildman–Crippen LogP) is 1.95. The van der Waals surface area contributed by atoms with Crippen LogP contribution in [0.3, 0.4) is 0 Å². The highest BCUT2D eigenvalue weighted by molar-refractivity contribution is 5.68. The Hall–Kier alpha value is -1.81. The summed E-state index contributed by atoms with van der Waals surface area (Å²) in [5, 5.41) is 9.59. The van der Waals surface area contributed by atoms with Crippen molar-refractivity contribution in [3.8, 4) is 0 Å². The number of β-amino-alcohol motifs (C(OH)–C–C–N with tert-alkyl or cyclic N) is 1. The molecule has 1 amide bonds. The van der Waals surface area contributed by atoms with Gasteiger partial charge in [-0.05, 0) is 12.0 Å². The summed E-state index contributed by atoms with van der Waals surface area (Å²) in [6.07, 6.45) is 3.45. The minimum Gasteiger partial charge on any atom is -0.445 e. The second kappa shape index (κ2) is 6.21. The van der Waals surface area contributed by atoms with Crippen molar-refractivity contribution in [3.05, 3.63) is 48.0 Å². The Morgan fingerprint density at radius 1 is 1.33 bits per heavy atom. The molecule has 1 unspecified atom stereocenters. The van der Waals surface area contributed by atoms with E-state index in [-0.39, 0.29) is 12.7 Å². The van der Waals surface area contributed by atoms with Crippen molar-refractivity contribution < 1.29 is 14.6 Å². The van der Waals surface area contributed by atoms with Gasteiger partial charge in [0.2, 0.25) is 0 Å². The summed E-state index contributed by atoms with van der Waals surface area (Å²) in [6.45, 7) is 1.07. The van der Waals surface area contributed by atoms with Gasteiger partial charge in [0, 0.05) is 6.54 Å².